The maximum absolute atomic E-state index is 11.1. The molecule has 0 saturated carbocycles. The fourth-order valence-electron chi connectivity index (χ4n) is 3.36. The van der Waals surface area contributed by atoms with Crippen LogP contribution in [0.1, 0.15) is 12.8 Å². The zero-order chi connectivity index (χ0) is 17.9. The van der Waals surface area contributed by atoms with Gasteiger partial charge in [0.05, 0.1) is 5.52 Å². The van der Waals surface area contributed by atoms with E-state index in [0.717, 1.165) is 48.2 Å². The molecule has 0 atom stereocenters. The van der Waals surface area contributed by atoms with Crippen molar-refractivity contribution in [1.82, 2.24) is 20.3 Å². The van der Waals surface area contributed by atoms with Crippen molar-refractivity contribution >= 4 is 22.8 Å². The molecule has 3 aromatic rings. The number of piperidine rings is 1. The maximum Gasteiger partial charge on any atom is 0.312 e. The number of para-hydroxylation sites is 1. The van der Waals surface area contributed by atoms with E-state index in [2.05, 4.69) is 15.2 Å². The Bertz CT molecular complexity index is 922. The van der Waals surface area contributed by atoms with Crippen LogP contribution in [0.25, 0.3) is 22.3 Å². The molecule has 3 heterocycles. The molecule has 3 N–H and O–H groups in total. The topological polar surface area (TPSA) is 97.0 Å². The standard InChI is InChI=1S/C19H20N6O/c20-19(26)22-14-7-10-25(11-8-14)18-15-5-1-2-6-16(15)23-17(24-18)13-4-3-9-21-12-13/h1-6,9,12,14H,7-8,10-11H2,(H3,20,22,26). The van der Waals surface area contributed by atoms with Gasteiger partial charge < -0.3 is 16.0 Å². The highest BCUT2D eigenvalue weighted by molar-refractivity contribution is 5.91. The summed E-state index contributed by atoms with van der Waals surface area (Å²) in [7, 11) is 0. The average Bonchev–Trinajstić information content (AvgIpc) is 2.68. The van der Waals surface area contributed by atoms with Gasteiger partial charge in [0, 0.05) is 42.5 Å². The van der Waals surface area contributed by atoms with Crippen LogP contribution in [0.2, 0.25) is 0 Å². The number of benzene rings is 1. The van der Waals surface area contributed by atoms with E-state index in [1.807, 2.05) is 36.4 Å². The number of anilines is 1. The molecule has 1 fully saturated rings. The third-order valence-electron chi connectivity index (χ3n) is 4.64. The van der Waals surface area contributed by atoms with E-state index < -0.39 is 6.03 Å². The Kier molecular flexibility index (Phi) is 4.35. The van der Waals surface area contributed by atoms with E-state index in [4.69, 9.17) is 15.7 Å². The molecule has 2 amide bonds. The predicted molar refractivity (Wildman–Crippen MR) is 101 cm³/mol. The van der Waals surface area contributed by atoms with Gasteiger partial charge in [0.2, 0.25) is 0 Å². The number of pyridine rings is 1. The summed E-state index contributed by atoms with van der Waals surface area (Å²) in [5.41, 5.74) is 7.04. The van der Waals surface area contributed by atoms with E-state index >= 15 is 0 Å². The van der Waals surface area contributed by atoms with Gasteiger partial charge in [-0.1, -0.05) is 12.1 Å². The number of hydrogen-bond donors (Lipinski definition) is 2. The molecular formula is C19H20N6O. The Morgan fingerprint density at radius 2 is 1.92 bits per heavy atom. The zero-order valence-electron chi connectivity index (χ0n) is 14.3. The van der Waals surface area contributed by atoms with Gasteiger partial charge in [0.15, 0.2) is 5.82 Å². The second-order valence-electron chi connectivity index (χ2n) is 6.40. The van der Waals surface area contributed by atoms with Crippen LogP contribution in [-0.4, -0.2) is 40.1 Å². The normalized spacial score (nSPS) is 15.2. The summed E-state index contributed by atoms with van der Waals surface area (Å²) >= 11 is 0. The molecule has 2 aromatic heterocycles. The molecular weight excluding hydrogens is 328 g/mol. The van der Waals surface area contributed by atoms with Crippen LogP contribution >= 0.6 is 0 Å². The predicted octanol–water partition coefficient (Wildman–Crippen LogP) is 2.33. The number of primary amides is 1. The lowest BCUT2D eigenvalue weighted by Crippen LogP contribution is -2.46. The van der Waals surface area contributed by atoms with Crippen molar-refractivity contribution in [3.63, 3.8) is 0 Å². The molecule has 0 unspecified atom stereocenters. The number of urea groups is 1. The molecule has 0 spiro atoms. The van der Waals surface area contributed by atoms with Crippen molar-refractivity contribution in [3.05, 3.63) is 48.8 Å². The van der Waals surface area contributed by atoms with Gasteiger partial charge in [0.1, 0.15) is 5.82 Å². The van der Waals surface area contributed by atoms with Gasteiger partial charge in [-0.2, -0.15) is 0 Å². The number of carbonyl (C=O) groups excluding carboxylic acids is 1. The highest BCUT2D eigenvalue weighted by atomic mass is 16.2. The van der Waals surface area contributed by atoms with Gasteiger partial charge in [-0.05, 0) is 37.1 Å². The maximum atomic E-state index is 11.1. The average molecular weight is 348 g/mol. The molecule has 1 aliphatic heterocycles. The highest BCUT2D eigenvalue weighted by Crippen LogP contribution is 2.29. The van der Waals surface area contributed by atoms with Gasteiger partial charge in [0.25, 0.3) is 0 Å². The monoisotopic (exact) mass is 348 g/mol. The molecule has 132 valence electrons. The molecule has 26 heavy (non-hydrogen) atoms. The Labute approximate surface area is 151 Å². The van der Waals surface area contributed by atoms with E-state index in [9.17, 15) is 4.79 Å². The van der Waals surface area contributed by atoms with Crippen molar-refractivity contribution in [2.45, 2.75) is 18.9 Å². The molecule has 7 heteroatoms. The van der Waals surface area contributed by atoms with Crippen molar-refractivity contribution in [3.8, 4) is 11.4 Å². The van der Waals surface area contributed by atoms with E-state index in [-0.39, 0.29) is 6.04 Å². The van der Waals surface area contributed by atoms with Gasteiger partial charge >= 0.3 is 6.03 Å². The van der Waals surface area contributed by atoms with E-state index in [1.165, 1.54) is 0 Å². The molecule has 0 radical (unpaired) electrons. The molecule has 0 bridgehead atoms. The third-order valence-corrected chi connectivity index (χ3v) is 4.64. The summed E-state index contributed by atoms with van der Waals surface area (Å²) in [4.78, 5) is 27.0. The van der Waals surface area contributed by atoms with Crippen molar-refractivity contribution < 1.29 is 4.79 Å². The summed E-state index contributed by atoms with van der Waals surface area (Å²) < 4.78 is 0. The van der Waals surface area contributed by atoms with Crippen molar-refractivity contribution in [1.29, 1.82) is 0 Å². The minimum Gasteiger partial charge on any atom is -0.356 e. The minimum absolute atomic E-state index is 0.120. The van der Waals surface area contributed by atoms with E-state index in [1.54, 1.807) is 12.4 Å². The van der Waals surface area contributed by atoms with Crippen LogP contribution < -0.4 is 16.0 Å². The fraction of sp³-hybridized carbons (Fsp3) is 0.263. The van der Waals surface area contributed by atoms with Gasteiger partial charge in [-0.3, -0.25) is 4.98 Å². The third kappa shape index (κ3) is 3.28. The summed E-state index contributed by atoms with van der Waals surface area (Å²) in [6.07, 6.45) is 5.19. The van der Waals surface area contributed by atoms with Crippen LogP contribution in [0.5, 0.6) is 0 Å². The zero-order valence-corrected chi connectivity index (χ0v) is 14.3. The van der Waals surface area contributed by atoms with Crippen LogP contribution in [0, 0.1) is 0 Å². The molecule has 1 aromatic carbocycles. The number of hydrogen-bond acceptors (Lipinski definition) is 5. The Morgan fingerprint density at radius 1 is 1.12 bits per heavy atom. The van der Waals surface area contributed by atoms with Crippen molar-refractivity contribution in [2.75, 3.05) is 18.0 Å². The Balaban J connectivity index is 1.69. The number of nitrogens with zero attached hydrogens (tertiary/aromatic N) is 4. The van der Waals surface area contributed by atoms with Gasteiger partial charge in [-0.25, -0.2) is 14.8 Å². The quantitative estimate of drug-likeness (QED) is 0.757. The number of carbonyl (C=O) groups is 1. The van der Waals surface area contributed by atoms with Crippen LogP contribution in [0.4, 0.5) is 10.6 Å². The number of rotatable bonds is 3. The molecule has 4 rings (SSSR count). The first-order chi connectivity index (χ1) is 12.7. The highest BCUT2D eigenvalue weighted by Gasteiger charge is 2.23. The fourth-order valence-corrected chi connectivity index (χ4v) is 3.36. The minimum atomic E-state index is -0.463. The largest absolute Gasteiger partial charge is 0.356 e. The summed E-state index contributed by atoms with van der Waals surface area (Å²) in [5.74, 6) is 1.59. The number of nitrogens with two attached hydrogens (primary N) is 1. The first-order valence-corrected chi connectivity index (χ1v) is 8.69. The molecule has 1 aliphatic rings. The Morgan fingerprint density at radius 3 is 2.65 bits per heavy atom. The summed E-state index contributed by atoms with van der Waals surface area (Å²) in [5, 5.41) is 3.83. The molecule has 1 saturated heterocycles. The smallest absolute Gasteiger partial charge is 0.312 e. The second kappa shape index (κ2) is 6.95. The molecule has 0 aliphatic carbocycles. The first-order valence-electron chi connectivity index (χ1n) is 8.69. The SMILES string of the molecule is NC(=O)NC1CCN(c2nc(-c3cccnc3)nc3ccccc23)CC1. The van der Waals surface area contributed by atoms with Crippen LogP contribution in [-0.2, 0) is 0 Å². The number of amides is 2. The summed E-state index contributed by atoms with van der Waals surface area (Å²) in [6, 6.07) is 11.5. The van der Waals surface area contributed by atoms with Crippen LogP contribution in [0.3, 0.4) is 0 Å². The lowest BCUT2D eigenvalue weighted by Gasteiger charge is -2.33. The van der Waals surface area contributed by atoms with E-state index in [0.29, 0.717) is 5.82 Å². The van der Waals surface area contributed by atoms with Crippen LogP contribution in [0.15, 0.2) is 48.8 Å². The lowest BCUT2D eigenvalue weighted by molar-refractivity contribution is 0.242. The number of aromatic nitrogens is 3. The lowest BCUT2D eigenvalue weighted by atomic mass is 10.0. The Hall–Kier alpha value is -3.22. The summed E-state index contributed by atoms with van der Waals surface area (Å²) in [6.45, 7) is 1.61. The van der Waals surface area contributed by atoms with Crippen molar-refractivity contribution in [2.24, 2.45) is 5.73 Å². The second-order valence-corrected chi connectivity index (χ2v) is 6.40. The molecule has 7 nitrogen and oxygen atoms in total. The number of nitrogens with one attached hydrogen (secondary N) is 1. The van der Waals surface area contributed by atoms with Gasteiger partial charge in [-0.15, -0.1) is 0 Å². The first kappa shape index (κ1) is 16.3. The number of fused-ring (bicyclic) bond motifs is 1.